The van der Waals surface area contributed by atoms with Crippen molar-refractivity contribution in [3.63, 3.8) is 0 Å². The van der Waals surface area contributed by atoms with Crippen molar-refractivity contribution >= 4 is 6.09 Å². The fourth-order valence-electron chi connectivity index (χ4n) is 3.73. The summed E-state index contributed by atoms with van der Waals surface area (Å²) in [6, 6.07) is 11.3. The molecule has 0 fully saturated rings. The molecule has 5 rings (SSSR count). The summed E-state index contributed by atoms with van der Waals surface area (Å²) >= 11 is 0. The minimum Gasteiger partial charge on any atom is -0.491 e. The van der Waals surface area contributed by atoms with Gasteiger partial charge in [0.1, 0.15) is 29.7 Å². The summed E-state index contributed by atoms with van der Waals surface area (Å²) in [5, 5.41) is 28.8. The van der Waals surface area contributed by atoms with Crippen LogP contribution in [-0.4, -0.2) is 44.3 Å². The SMILES string of the molecule is O=C(O)N[C@@H]1COc2cc(-c3noc(-c4onc(-c5ccccc5)c4C(F)(F)F)n3)ccc2[C@@H]1O. The average molecular weight is 488 g/mol. The number of fused-ring (bicyclic) bond motifs is 1. The van der Waals surface area contributed by atoms with E-state index >= 15 is 0 Å². The van der Waals surface area contributed by atoms with Gasteiger partial charge in [0.2, 0.25) is 11.6 Å². The molecule has 0 radical (unpaired) electrons. The van der Waals surface area contributed by atoms with Crippen LogP contribution in [0.3, 0.4) is 0 Å². The molecule has 2 aromatic carbocycles. The van der Waals surface area contributed by atoms with Crippen LogP contribution < -0.4 is 10.1 Å². The number of carbonyl (C=O) groups is 1. The van der Waals surface area contributed by atoms with Crippen molar-refractivity contribution in [3.05, 3.63) is 59.7 Å². The van der Waals surface area contributed by atoms with Gasteiger partial charge in [-0.3, -0.25) is 0 Å². The average Bonchev–Trinajstić information content (AvgIpc) is 3.48. The quantitative estimate of drug-likeness (QED) is 0.386. The maximum Gasteiger partial charge on any atom is 0.422 e. The monoisotopic (exact) mass is 488 g/mol. The maximum absolute atomic E-state index is 13.9. The summed E-state index contributed by atoms with van der Waals surface area (Å²) in [6.45, 7) is -0.128. The van der Waals surface area contributed by atoms with Gasteiger partial charge in [0.25, 0.3) is 5.89 Å². The second kappa shape index (κ2) is 8.43. The van der Waals surface area contributed by atoms with Crippen molar-refractivity contribution in [2.24, 2.45) is 0 Å². The summed E-state index contributed by atoms with van der Waals surface area (Å²) < 4.78 is 57.3. The smallest absolute Gasteiger partial charge is 0.422 e. The van der Waals surface area contributed by atoms with E-state index in [0.717, 1.165) is 0 Å². The third kappa shape index (κ3) is 4.17. The van der Waals surface area contributed by atoms with Crippen LogP contribution in [0.2, 0.25) is 0 Å². The van der Waals surface area contributed by atoms with Crippen molar-refractivity contribution in [2.75, 3.05) is 6.61 Å². The Morgan fingerprint density at radius 3 is 2.54 bits per heavy atom. The van der Waals surface area contributed by atoms with Crippen LogP contribution in [0.15, 0.2) is 57.6 Å². The Hall–Kier alpha value is -4.39. The molecule has 2 atom stereocenters. The highest BCUT2D eigenvalue weighted by Crippen LogP contribution is 2.43. The van der Waals surface area contributed by atoms with Crippen LogP contribution in [0, 0.1) is 0 Å². The van der Waals surface area contributed by atoms with Gasteiger partial charge in [-0.1, -0.05) is 52.8 Å². The lowest BCUT2D eigenvalue weighted by molar-refractivity contribution is -0.137. The Labute approximate surface area is 193 Å². The van der Waals surface area contributed by atoms with Gasteiger partial charge in [-0.25, -0.2) is 4.79 Å². The first-order chi connectivity index (χ1) is 16.7. The molecule has 0 unspecified atom stereocenters. The van der Waals surface area contributed by atoms with Crippen molar-refractivity contribution in [1.82, 2.24) is 20.6 Å². The molecule has 3 N–H and O–H groups in total. The van der Waals surface area contributed by atoms with E-state index in [4.69, 9.17) is 18.9 Å². The zero-order valence-corrected chi connectivity index (χ0v) is 17.5. The number of carboxylic acid groups (broad SMARTS) is 1. The Balaban J connectivity index is 1.48. The van der Waals surface area contributed by atoms with E-state index in [-0.39, 0.29) is 23.7 Å². The molecule has 4 aromatic rings. The fraction of sp³-hybridized carbons (Fsp3) is 0.182. The van der Waals surface area contributed by atoms with Crippen molar-refractivity contribution < 1.29 is 42.0 Å². The van der Waals surface area contributed by atoms with Crippen LogP contribution in [0.4, 0.5) is 18.0 Å². The number of benzene rings is 2. The lowest BCUT2D eigenvalue weighted by atomic mass is 9.97. The van der Waals surface area contributed by atoms with Crippen LogP contribution in [0.5, 0.6) is 5.75 Å². The zero-order chi connectivity index (χ0) is 24.7. The molecular weight excluding hydrogens is 473 g/mol. The normalized spacial score (nSPS) is 17.5. The first-order valence-corrected chi connectivity index (χ1v) is 10.1. The number of nitrogens with zero attached hydrogens (tertiary/aromatic N) is 3. The molecule has 35 heavy (non-hydrogen) atoms. The Morgan fingerprint density at radius 1 is 1.06 bits per heavy atom. The van der Waals surface area contributed by atoms with Crippen molar-refractivity contribution in [2.45, 2.75) is 18.3 Å². The maximum atomic E-state index is 13.9. The minimum atomic E-state index is -4.81. The number of rotatable bonds is 4. The predicted octanol–water partition coefficient (Wildman–Crippen LogP) is 4.14. The molecule has 1 aliphatic heterocycles. The third-order valence-electron chi connectivity index (χ3n) is 5.34. The number of amides is 1. The number of halogens is 3. The minimum absolute atomic E-state index is 0.0579. The number of nitrogens with one attached hydrogen (secondary N) is 1. The Bertz CT molecular complexity index is 1390. The molecule has 0 bridgehead atoms. The van der Waals surface area contributed by atoms with Gasteiger partial charge in [-0.15, -0.1) is 0 Å². The van der Waals surface area contributed by atoms with Gasteiger partial charge in [0, 0.05) is 16.7 Å². The topological polar surface area (TPSA) is 144 Å². The number of hydrogen-bond acceptors (Lipinski definition) is 8. The van der Waals surface area contributed by atoms with Gasteiger partial charge in [0.15, 0.2) is 0 Å². The van der Waals surface area contributed by atoms with E-state index < -0.39 is 47.3 Å². The molecule has 3 heterocycles. The number of hydrogen-bond donors (Lipinski definition) is 3. The summed E-state index contributed by atoms with van der Waals surface area (Å²) in [4.78, 5) is 14.9. The van der Waals surface area contributed by atoms with Crippen molar-refractivity contribution in [1.29, 1.82) is 0 Å². The number of ether oxygens (including phenoxy) is 1. The van der Waals surface area contributed by atoms with Crippen LogP contribution >= 0.6 is 0 Å². The standard InChI is InChI=1S/C22H15F3N4O6/c23-22(24,25)15-16(10-4-2-1-3-5-10)28-34-18(15)20-27-19(29-35-20)11-6-7-12-14(8-11)33-9-13(17(12)30)26-21(31)32/h1-8,13,17,26,30H,9H2,(H,31,32)/t13-,17+/m1/s1. The molecule has 0 aliphatic carbocycles. The largest absolute Gasteiger partial charge is 0.491 e. The molecule has 0 saturated heterocycles. The first-order valence-electron chi connectivity index (χ1n) is 10.1. The van der Waals surface area contributed by atoms with E-state index in [1.807, 2.05) is 0 Å². The van der Waals surface area contributed by atoms with Gasteiger partial charge < -0.3 is 29.3 Å². The Kier molecular flexibility index (Phi) is 5.40. The van der Waals surface area contributed by atoms with Gasteiger partial charge in [0.05, 0.1) is 6.04 Å². The number of aliphatic hydroxyl groups is 1. The molecule has 13 heteroatoms. The molecule has 180 valence electrons. The van der Waals surface area contributed by atoms with Gasteiger partial charge >= 0.3 is 12.3 Å². The summed E-state index contributed by atoms with van der Waals surface area (Å²) in [5.74, 6) is -1.06. The molecule has 1 amide bonds. The van der Waals surface area contributed by atoms with E-state index in [2.05, 4.69) is 20.6 Å². The van der Waals surface area contributed by atoms with Crippen molar-refractivity contribution in [3.8, 4) is 40.0 Å². The lowest BCUT2D eigenvalue weighted by Crippen LogP contribution is -2.45. The predicted molar refractivity (Wildman–Crippen MR) is 111 cm³/mol. The lowest BCUT2D eigenvalue weighted by Gasteiger charge is -2.30. The molecule has 0 saturated carbocycles. The summed E-state index contributed by atoms with van der Waals surface area (Å²) in [6.07, 6.45) is -7.28. The summed E-state index contributed by atoms with van der Waals surface area (Å²) in [5.41, 5.74) is -0.700. The molecule has 1 aliphatic rings. The molecule has 10 nitrogen and oxygen atoms in total. The van der Waals surface area contributed by atoms with E-state index in [1.54, 1.807) is 18.2 Å². The second-order valence-corrected chi connectivity index (χ2v) is 7.59. The number of alkyl halides is 3. The highest BCUT2D eigenvalue weighted by molar-refractivity contribution is 5.71. The first kappa shape index (κ1) is 22.4. The number of aliphatic hydroxyl groups excluding tert-OH is 1. The van der Waals surface area contributed by atoms with Crippen LogP contribution in [0.1, 0.15) is 17.2 Å². The highest BCUT2D eigenvalue weighted by Gasteiger charge is 2.43. The molecule has 2 aromatic heterocycles. The van der Waals surface area contributed by atoms with E-state index in [0.29, 0.717) is 11.1 Å². The second-order valence-electron chi connectivity index (χ2n) is 7.59. The van der Waals surface area contributed by atoms with Gasteiger partial charge in [-0.2, -0.15) is 18.2 Å². The molecule has 0 spiro atoms. The van der Waals surface area contributed by atoms with Crippen LogP contribution in [0.25, 0.3) is 34.3 Å². The fourth-order valence-corrected chi connectivity index (χ4v) is 3.73. The molecular formula is C22H15F3N4O6. The third-order valence-corrected chi connectivity index (χ3v) is 5.34. The Morgan fingerprint density at radius 2 is 1.83 bits per heavy atom. The van der Waals surface area contributed by atoms with Crippen LogP contribution in [-0.2, 0) is 6.18 Å². The van der Waals surface area contributed by atoms with Gasteiger partial charge in [-0.05, 0) is 6.07 Å². The number of aromatic nitrogens is 3. The zero-order valence-electron chi connectivity index (χ0n) is 17.5. The van der Waals surface area contributed by atoms with E-state index in [1.165, 1.54) is 30.3 Å². The highest BCUT2D eigenvalue weighted by atomic mass is 19.4. The van der Waals surface area contributed by atoms with E-state index in [9.17, 15) is 23.1 Å². The summed E-state index contributed by atoms with van der Waals surface area (Å²) in [7, 11) is 0.